The number of nitrogens with two attached hydrogens (primary N) is 1. The highest BCUT2D eigenvalue weighted by molar-refractivity contribution is 5.57. The lowest BCUT2D eigenvalue weighted by molar-refractivity contribution is -0.384. The molecular formula is C14H16N4O2. The Bertz CT molecular complexity index is 626. The molecule has 1 aromatic carbocycles. The van der Waals surface area contributed by atoms with E-state index in [1.807, 2.05) is 19.1 Å². The van der Waals surface area contributed by atoms with Gasteiger partial charge in [0, 0.05) is 18.0 Å². The summed E-state index contributed by atoms with van der Waals surface area (Å²) in [6.07, 6.45) is 1.60. The van der Waals surface area contributed by atoms with Gasteiger partial charge < -0.3 is 11.1 Å². The highest BCUT2D eigenvalue weighted by Gasteiger charge is 2.17. The zero-order valence-electron chi connectivity index (χ0n) is 11.3. The van der Waals surface area contributed by atoms with Crippen molar-refractivity contribution in [2.75, 3.05) is 11.1 Å². The van der Waals surface area contributed by atoms with E-state index >= 15 is 0 Å². The number of hydrogen-bond acceptors (Lipinski definition) is 5. The molecule has 2 rings (SSSR count). The van der Waals surface area contributed by atoms with Crippen molar-refractivity contribution in [3.8, 4) is 0 Å². The summed E-state index contributed by atoms with van der Waals surface area (Å²) in [5.41, 5.74) is 8.03. The van der Waals surface area contributed by atoms with E-state index in [4.69, 9.17) is 5.73 Å². The number of pyridine rings is 1. The zero-order valence-corrected chi connectivity index (χ0v) is 11.3. The van der Waals surface area contributed by atoms with Crippen LogP contribution in [-0.2, 0) is 0 Å². The van der Waals surface area contributed by atoms with Gasteiger partial charge in [-0.1, -0.05) is 12.1 Å². The lowest BCUT2D eigenvalue weighted by Gasteiger charge is -2.15. The number of hydrogen-bond donors (Lipinski definition) is 2. The van der Waals surface area contributed by atoms with E-state index in [0.29, 0.717) is 5.69 Å². The van der Waals surface area contributed by atoms with Crippen molar-refractivity contribution in [3.05, 3.63) is 57.8 Å². The quantitative estimate of drug-likeness (QED) is 0.506. The molecule has 104 valence electrons. The molecule has 3 N–H and O–H groups in total. The third kappa shape index (κ3) is 3.03. The minimum Gasteiger partial charge on any atom is -0.399 e. The van der Waals surface area contributed by atoms with Gasteiger partial charge in [0.1, 0.15) is 0 Å². The normalized spacial score (nSPS) is 11.9. The predicted molar refractivity (Wildman–Crippen MR) is 78.5 cm³/mol. The van der Waals surface area contributed by atoms with Gasteiger partial charge in [-0.15, -0.1) is 0 Å². The molecule has 0 bridgehead atoms. The molecule has 1 aromatic heterocycles. The van der Waals surface area contributed by atoms with E-state index in [-0.39, 0.29) is 17.5 Å². The minimum absolute atomic E-state index is 0.0210. The van der Waals surface area contributed by atoms with Crippen molar-refractivity contribution in [1.82, 2.24) is 4.98 Å². The maximum Gasteiger partial charge on any atom is 0.311 e. The second-order valence-corrected chi connectivity index (χ2v) is 4.67. The molecule has 0 saturated heterocycles. The zero-order chi connectivity index (χ0) is 14.7. The summed E-state index contributed by atoms with van der Waals surface area (Å²) < 4.78 is 0. The summed E-state index contributed by atoms with van der Waals surface area (Å²) in [6.45, 7) is 3.68. The molecule has 1 heterocycles. The fourth-order valence-corrected chi connectivity index (χ4v) is 1.88. The van der Waals surface area contributed by atoms with Crippen LogP contribution in [0.15, 0.2) is 36.5 Å². The maximum atomic E-state index is 11.0. The Morgan fingerprint density at radius 1 is 1.35 bits per heavy atom. The summed E-state index contributed by atoms with van der Waals surface area (Å²) in [5.74, 6) is 0.268. The molecule has 0 aliphatic rings. The van der Waals surface area contributed by atoms with E-state index in [0.717, 1.165) is 11.1 Å². The Labute approximate surface area is 116 Å². The fourth-order valence-electron chi connectivity index (χ4n) is 1.88. The van der Waals surface area contributed by atoms with Gasteiger partial charge in [-0.05, 0) is 37.1 Å². The van der Waals surface area contributed by atoms with E-state index in [1.54, 1.807) is 25.3 Å². The SMILES string of the molecule is Cc1cnc(NC(C)c2ccc(N)cc2)c([N+](=O)[O-])c1. The van der Waals surface area contributed by atoms with Crippen molar-refractivity contribution in [1.29, 1.82) is 0 Å². The van der Waals surface area contributed by atoms with Crippen LogP contribution in [-0.4, -0.2) is 9.91 Å². The van der Waals surface area contributed by atoms with Crippen molar-refractivity contribution in [2.24, 2.45) is 0 Å². The first-order valence-electron chi connectivity index (χ1n) is 6.20. The molecule has 6 nitrogen and oxygen atoms in total. The summed E-state index contributed by atoms with van der Waals surface area (Å²) in [7, 11) is 0. The minimum atomic E-state index is -0.433. The largest absolute Gasteiger partial charge is 0.399 e. The third-order valence-corrected chi connectivity index (χ3v) is 2.99. The van der Waals surface area contributed by atoms with Crippen LogP contribution in [0.25, 0.3) is 0 Å². The van der Waals surface area contributed by atoms with Gasteiger partial charge in [0.25, 0.3) is 0 Å². The lowest BCUT2D eigenvalue weighted by atomic mass is 10.1. The molecule has 0 spiro atoms. The van der Waals surface area contributed by atoms with Crippen molar-refractivity contribution in [3.63, 3.8) is 0 Å². The van der Waals surface area contributed by atoms with Crippen LogP contribution in [0.1, 0.15) is 24.1 Å². The van der Waals surface area contributed by atoms with E-state index in [2.05, 4.69) is 10.3 Å². The number of benzene rings is 1. The topological polar surface area (TPSA) is 94.1 Å². The number of nitrogens with zero attached hydrogens (tertiary/aromatic N) is 2. The molecule has 1 unspecified atom stereocenters. The first-order valence-corrected chi connectivity index (χ1v) is 6.20. The molecule has 0 saturated carbocycles. The van der Waals surface area contributed by atoms with Crippen molar-refractivity contribution >= 4 is 17.2 Å². The van der Waals surface area contributed by atoms with Gasteiger partial charge in [-0.3, -0.25) is 10.1 Å². The molecule has 0 fully saturated rings. The molecule has 2 aromatic rings. The molecule has 0 aliphatic heterocycles. The second-order valence-electron chi connectivity index (χ2n) is 4.67. The monoisotopic (exact) mass is 272 g/mol. The van der Waals surface area contributed by atoms with Gasteiger partial charge in [0.2, 0.25) is 5.82 Å². The van der Waals surface area contributed by atoms with Gasteiger partial charge in [0.15, 0.2) is 0 Å². The van der Waals surface area contributed by atoms with Gasteiger partial charge in [0.05, 0.1) is 11.0 Å². The average Bonchev–Trinajstić information content (AvgIpc) is 2.41. The highest BCUT2D eigenvalue weighted by Crippen LogP contribution is 2.26. The Hall–Kier alpha value is -2.63. The van der Waals surface area contributed by atoms with Crippen molar-refractivity contribution in [2.45, 2.75) is 19.9 Å². The molecule has 0 radical (unpaired) electrons. The van der Waals surface area contributed by atoms with Crippen LogP contribution in [0, 0.1) is 17.0 Å². The summed E-state index contributed by atoms with van der Waals surface area (Å²) in [4.78, 5) is 14.7. The first-order chi connectivity index (χ1) is 9.47. The maximum absolute atomic E-state index is 11.0. The van der Waals surface area contributed by atoms with Crippen LogP contribution in [0.2, 0.25) is 0 Å². The van der Waals surface area contributed by atoms with Gasteiger partial charge in [-0.2, -0.15) is 0 Å². The Kier molecular flexibility index (Phi) is 3.84. The summed E-state index contributed by atoms with van der Waals surface area (Å²) in [6, 6.07) is 8.75. The summed E-state index contributed by atoms with van der Waals surface area (Å²) in [5, 5.41) is 14.1. The molecular weight excluding hydrogens is 256 g/mol. The lowest BCUT2D eigenvalue weighted by Crippen LogP contribution is -2.10. The summed E-state index contributed by atoms with van der Waals surface area (Å²) >= 11 is 0. The number of nitrogens with one attached hydrogen (secondary N) is 1. The number of nitrogen functional groups attached to an aromatic ring is 1. The van der Waals surface area contributed by atoms with Crippen LogP contribution in [0.5, 0.6) is 0 Å². The van der Waals surface area contributed by atoms with E-state index < -0.39 is 4.92 Å². The third-order valence-electron chi connectivity index (χ3n) is 2.99. The van der Waals surface area contributed by atoms with Crippen molar-refractivity contribution < 1.29 is 4.92 Å². The van der Waals surface area contributed by atoms with Gasteiger partial charge in [-0.25, -0.2) is 4.98 Å². The van der Waals surface area contributed by atoms with E-state index in [9.17, 15) is 10.1 Å². The van der Waals surface area contributed by atoms with Crippen LogP contribution < -0.4 is 11.1 Å². The smallest absolute Gasteiger partial charge is 0.311 e. The number of nitro groups is 1. The first kappa shape index (κ1) is 13.8. The molecule has 0 aliphatic carbocycles. The fraction of sp³-hybridized carbons (Fsp3) is 0.214. The standard InChI is InChI=1S/C14H16N4O2/c1-9-7-13(18(19)20)14(16-8-9)17-10(2)11-3-5-12(15)6-4-11/h3-8,10H,15H2,1-2H3,(H,16,17). The number of rotatable bonds is 4. The average molecular weight is 272 g/mol. The molecule has 6 heteroatoms. The van der Waals surface area contributed by atoms with Crippen LogP contribution in [0.4, 0.5) is 17.2 Å². The number of anilines is 2. The molecule has 20 heavy (non-hydrogen) atoms. The highest BCUT2D eigenvalue weighted by atomic mass is 16.6. The number of aryl methyl sites for hydroxylation is 1. The Morgan fingerprint density at radius 2 is 2.00 bits per heavy atom. The van der Waals surface area contributed by atoms with Crippen LogP contribution >= 0.6 is 0 Å². The Morgan fingerprint density at radius 3 is 2.60 bits per heavy atom. The Balaban J connectivity index is 2.25. The molecule has 1 atom stereocenters. The second kappa shape index (κ2) is 5.56. The van der Waals surface area contributed by atoms with Crippen LogP contribution in [0.3, 0.4) is 0 Å². The van der Waals surface area contributed by atoms with E-state index in [1.165, 1.54) is 6.07 Å². The predicted octanol–water partition coefficient (Wildman–Crippen LogP) is 3.05. The number of aromatic nitrogens is 1. The molecule has 0 amide bonds. The van der Waals surface area contributed by atoms with Gasteiger partial charge >= 0.3 is 5.69 Å².